The molecule has 3 heteroatoms. The van der Waals surface area contributed by atoms with Crippen LogP contribution in [0.25, 0.3) is 0 Å². The van der Waals surface area contributed by atoms with Gasteiger partial charge in [-0.05, 0) is 38.5 Å². The number of hydrogen-bond acceptors (Lipinski definition) is 1. The molecule has 0 aromatic rings. The quantitative estimate of drug-likeness (QED) is 0.642. The van der Waals surface area contributed by atoms with Crippen LogP contribution in [0.1, 0.15) is 38.5 Å². The van der Waals surface area contributed by atoms with Crippen LogP contribution in [0, 0.1) is 0 Å². The highest BCUT2D eigenvalue weighted by atomic mass is 16.2. The number of carbonyl (C=O) groups is 1. The standard InChI is InChI=1S/C9H16N2O/c12-9(10-7-3-1-4-7)11-8-5-2-6-8/h7-8H,1-6H2,(H2,10,11,12). The zero-order valence-corrected chi connectivity index (χ0v) is 7.31. The summed E-state index contributed by atoms with van der Waals surface area (Å²) in [6.45, 7) is 0. The summed E-state index contributed by atoms with van der Waals surface area (Å²) >= 11 is 0. The molecule has 2 amide bonds. The van der Waals surface area contributed by atoms with Crippen LogP contribution in [0.15, 0.2) is 0 Å². The van der Waals surface area contributed by atoms with Gasteiger partial charge in [-0.1, -0.05) is 0 Å². The average molecular weight is 168 g/mol. The zero-order chi connectivity index (χ0) is 8.39. The molecule has 0 atom stereocenters. The van der Waals surface area contributed by atoms with Crippen molar-refractivity contribution in [2.75, 3.05) is 0 Å². The Labute approximate surface area is 72.9 Å². The Hall–Kier alpha value is -0.730. The molecule has 0 radical (unpaired) electrons. The van der Waals surface area contributed by atoms with Crippen molar-refractivity contribution in [2.45, 2.75) is 50.6 Å². The molecule has 2 aliphatic carbocycles. The Kier molecular flexibility index (Phi) is 2.19. The summed E-state index contributed by atoms with van der Waals surface area (Å²) in [5.41, 5.74) is 0. The first-order valence-corrected chi connectivity index (χ1v) is 4.91. The molecule has 2 N–H and O–H groups in total. The first kappa shape index (κ1) is 7.90. The lowest BCUT2D eigenvalue weighted by Crippen LogP contribution is -2.50. The Balaban J connectivity index is 1.62. The number of nitrogens with one attached hydrogen (secondary N) is 2. The van der Waals surface area contributed by atoms with Crippen LogP contribution in [0.2, 0.25) is 0 Å². The van der Waals surface area contributed by atoms with E-state index in [0.717, 1.165) is 25.7 Å². The topological polar surface area (TPSA) is 41.1 Å². The number of hydrogen-bond donors (Lipinski definition) is 2. The third-order valence-electron chi connectivity index (χ3n) is 2.88. The number of urea groups is 1. The molecule has 68 valence electrons. The molecule has 0 aromatic carbocycles. The van der Waals surface area contributed by atoms with Crippen molar-refractivity contribution in [3.05, 3.63) is 0 Å². The fraction of sp³-hybridized carbons (Fsp3) is 0.889. The second-order valence-corrected chi connectivity index (χ2v) is 3.87. The van der Waals surface area contributed by atoms with Crippen molar-refractivity contribution >= 4 is 6.03 Å². The molecular formula is C9H16N2O. The van der Waals surface area contributed by atoms with Gasteiger partial charge in [0.1, 0.15) is 0 Å². The molecule has 12 heavy (non-hydrogen) atoms. The molecular weight excluding hydrogens is 152 g/mol. The fourth-order valence-electron chi connectivity index (χ4n) is 1.52. The van der Waals surface area contributed by atoms with Crippen LogP contribution in [0.3, 0.4) is 0 Å². The molecule has 2 saturated carbocycles. The van der Waals surface area contributed by atoms with Crippen molar-refractivity contribution in [1.29, 1.82) is 0 Å². The summed E-state index contributed by atoms with van der Waals surface area (Å²) in [6, 6.07) is 0.972. The van der Waals surface area contributed by atoms with E-state index in [-0.39, 0.29) is 6.03 Å². The molecule has 2 fully saturated rings. The molecule has 0 unspecified atom stereocenters. The molecule has 0 aliphatic heterocycles. The van der Waals surface area contributed by atoms with Crippen molar-refractivity contribution in [3.8, 4) is 0 Å². The van der Waals surface area contributed by atoms with Crippen LogP contribution >= 0.6 is 0 Å². The minimum Gasteiger partial charge on any atom is -0.335 e. The van der Waals surface area contributed by atoms with Crippen LogP contribution in [0.4, 0.5) is 4.79 Å². The molecule has 0 aromatic heterocycles. The lowest BCUT2D eigenvalue weighted by molar-refractivity contribution is 0.216. The minimum atomic E-state index is 0.0457. The average Bonchev–Trinajstić information content (AvgIpc) is 1.89. The van der Waals surface area contributed by atoms with Gasteiger partial charge >= 0.3 is 6.03 Å². The Morgan fingerprint density at radius 3 is 1.58 bits per heavy atom. The summed E-state index contributed by atoms with van der Waals surface area (Å²) in [7, 11) is 0. The van der Waals surface area contributed by atoms with E-state index in [4.69, 9.17) is 0 Å². The zero-order valence-electron chi connectivity index (χ0n) is 7.31. The first-order chi connectivity index (χ1) is 5.84. The second-order valence-electron chi connectivity index (χ2n) is 3.87. The van der Waals surface area contributed by atoms with Crippen LogP contribution in [0.5, 0.6) is 0 Å². The smallest absolute Gasteiger partial charge is 0.315 e. The van der Waals surface area contributed by atoms with Gasteiger partial charge in [0.15, 0.2) is 0 Å². The molecule has 3 nitrogen and oxygen atoms in total. The maximum absolute atomic E-state index is 11.2. The molecule has 0 spiro atoms. The maximum atomic E-state index is 11.2. The van der Waals surface area contributed by atoms with Gasteiger partial charge < -0.3 is 10.6 Å². The molecule has 0 bridgehead atoms. The van der Waals surface area contributed by atoms with Gasteiger partial charge in [-0.3, -0.25) is 0 Å². The van der Waals surface area contributed by atoms with Crippen molar-refractivity contribution < 1.29 is 4.79 Å². The van der Waals surface area contributed by atoms with Crippen molar-refractivity contribution in [3.63, 3.8) is 0 Å². The van der Waals surface area contributed by atoms with E-state index >= 15 is 0 Å². The second kappa shape index (κ2) is 3.33. The van der Waals surface area contributed by atoms with Crippen LogP contribution < -0.4 is 10.6 Å². The third kappa shape index (κ3) is 1.71. The highest BCUT2D eigenvalue weighted by Gasteiger charge is 2.23. The summed E-state index contributed by atoms with van der Waals surface area (Å²) < 4.78 is 0. The molecule has 0 heterocycles. The summed E-state index contributed by atoms with van der Waals surface area (Å²) in [5, 5.41) is 5.93. The van der Waals surface area contributed by atoms with E-state index in [1.807, 2.05) is 0 Å². The minimum absolute atomic E-state index is 0.0457. The SMILES string of the molecule is O=C(NC1CCC1)NC1CCC1. The van der Waals surface area contributed by atoms with Crippen molar-refractivity contribution in [1.82, 2.24) is 10.6 Å². The van der Waals surface area contributed by atoms with Gasteiger partial charge in [0, 0.05) is 12.1 Å². The molecule has 0 saturated heterocycles. The van der Waals surface area contributed by atoms with Gasteiger partial charge in [-0.2, -0.15) is 0 Å². The van der Waals surface area contributed by atoms with Gasteiger partial charge in [0.25, 0.3) is 0 Å². The highest BCUT2D eigenvalue weighted by molar-refractivity contribution is 5.74. The van der Waals surface area contributed by atoms with Gasteiger partial charge in [0.05, 0.1) is 0 Å². The fourth-order valence-corrected chi connectivity index (χ4v) is 1.52. The van der Waals surface area contributed by atoms with Crippen LogP contribution in [-0.2, 0) is 0 Å². The summed E-state index contributed by atoms with van der Waals surface area (Å²) in [5.74, 6) is 0. The predicted octanol–water partition coefficient (Wildman–Crippen LogP) is 1.39. The summed E-state index contributed by atoms with van der Waals surface area (Å²) in [6.07, 6.45) is 7.20. The predicted molar refractivity (Wildman–Crippen MR) is 46.9 cm³/mol. The van der Waals surface area contributed by atoms with Crippen molar-refractivity contribution in [2.24, 2.45) is 0 Å². The largest absolute Gasteiger partial charge is 0.335 e. The molecule has 2 rings (SSSR count). The Morgan fingerprint density at radius 2 is 1.33 bits per heavy atom. The number of amides is 2. The van der Waals surface area contributed by atoms with E-state index in [0.29, 0.717) is 12.1 Å². The van der Waals surface area contributed by atoms with Gasteiger partial charge in [-0.15, -0.1) is 0 Å². The number of rotatable bonds is 2. The van der Waals surface area contributed by atoms with E-state index < -0.39 is 0 Å². The number of carbonyl (C=O) groups excluding carboxylic acids is 1. The molecule has 2 aliphatic rings. The van der Waals surface area contributed by atoms with Crippen LogP contribution in [-0.4, -0.2) is 18.1 Å². The summed E-state index contributed by atoms with van der Waals surface area (Å²) in [4.78, 5) is 11.2. The van der Waals surface area contributed by atoms with Gasteiger partial charge in [0.2, 0.25) is 0 Å². The maximum Gasteiger partial charge on any atom is 0.315 e. The van der Waals surface area contributed by atoms with Gasteiger partial charge in [-0.25, -0.2) is 4.79 Å². The van der Waals surface area contributed by atoms with E-state index in [9.17, 15) is 4.79 Å². The monoisotopic (exact) mass is 168 g/mol. The highest BCUT2D eigenvalue weighted by Crippen LogP contribution is 2.19. The Bertz CT molecular complexity index is 155. The lowest BCUT2D eigenvalue weighted by Gasteiger charge is -2.30. The Morgan fingerprint density at radius 1 is 0.917 bits per heavy atom. The normalized spacial score (nSPS) is 24.0. The third-order valence-corrected chi connectivity index (χ3v) is 2.88. The van der Waals surface area contributed by atoms with E-state index in [2.05, 4.69) is 10.6 Å². The van der Waals surface area contributed by atoms with E-state index in [1.165, 1.54) is 12.8 Å². The lowest BCUT2D eigenvalue weighted by atomic mass is 9.92. The first-order valence-electron chi connectivity index (χ1n) is 4.91. The van der Waals surface area contributed by atoms with E-state index in [1.54, 1.807) is 0 Å².